The minimum atomic E-state index is -0.207. The first kappa shape index (κ1) is 16.7. The van der Waals surface area contributed by atoms with Crippen molar-refractivity contribution in [1.82, 2.24) is 14.7 Å². The van der Waals surface area contributed by atoms with E-state index in [1.54, 1.807) is 11.3 Å². The third-order valence-electron chi connectivity index (χ3n) is 4.70. The number of aromatic nitrogens is 2. The molecule has 1 atom stereocenters. The monoisotopic (exact) mass is 365 g/mol. The first-order valence-electron chi connectivity index (χ1n) is 8.67. The van der Waals surface area contributed by atoms with Crippen LogP contribution >= 0.6 is 11.3 Å². The average molecular weight is 365 g/mol. The number of thiophene rings is 1. The summed E-state index contributed by atoms with van der Waals surface area (Å²) >= 11 is 1.64. The minimum Gasteiger partial charge on any atom is -0.330 e. The van der Waals surface area contributed by atoms with E-state index in [1.807, 2.05) is 40.6 Å². The summed E-state index contributed by atoms with van der Waals surface area (Å²) in [6.07, 6.45) is 1.95. The normalized spacial score (nSPS) is 16.8. The van der Waals surface area contributed by atoms with Gasteiger partial charge in [0.2, 0.25) is 0 Å². The Balaban J connectivity index is 1.60. The summed E-state index contributed by atoms with van der Waals surface area (Å²) in [6.45, 7) is 1.08. The molecule has 0 spiro atoms. The second kappa shape index (κ2) is 7.25. The number of hydrogen-bond acceptors (Lipinski definition) is 4. The summed E-state index contributed by atoms with van der Waals surface area (Å²) in [6, 6.07) is 14.8. The fourth-order valence-corrected chi connectivity index (χ4v) is 4.11. The highest BCUT2D eigenvalue weighted by Gasteiger charge is 2.31. The van der Waals surface area contributed by atoms with Crippen LogP contribution in [0.25, 0.3) is 0 Å². The SMILES string of the molecule is O=C(c1ccc(=O)n(Cc2ccccc2)n1)N1CCCC1c1ccsc1. The quantitative estimate of drug-likeness (QED) is 0.713. The summed E-state index contributed by atoms with van der Waals surface area (Å²) in [4.78, 5) is 27.0. The zero-order valence-corrected chi connectivity index (χ0v) is 15.1. The number of rotatable bonds is 4. The van der Waals surface area contributed by atoms with Crippen LogP contribution < -0.4 is 5.56 Å². The Morgan fingerprint density at radius 1 is 1.15 bits per heavy atom. The molecule has 2 aromatic heterocycles. The Morgan fingerprint density at radius 2 is 2.00 bits per heavy atom. The van der Waals surface area contributed by atoms with Gasteiger partial charge in [-0.15, -0.1) is 0 Å². The molecule has 0 bridgehead atoms. The predicted molar refractivity (Wildman–Crippen MR) is 101 cm³/mol. The van der Waals surface area contributed by atoms with Gasteiger partial charge in [0.05, 0.1) is 12.6 Å². The van der Waals surface area contributed by atoms with Gasteiger partial charge >= 0.3 is 0 Å². The lowest BCUT2D eigenvalue weighted by Crippen LogP contribution is -2.33. The minimum absolute atomic E-state index is 0.102. The molecule has 0 N–H and O–H groups in total. The molecule has 1 fully saturated rings. The highest BCUT2D eigenvalue weighted by molar-refractivity contribution is 7.08. The van der Waals surface area contributed by atoms with E-state index in [9.17, 15) is 9.59 Å². The molecular formula is C20H19N3O2S. The van der Waals surface area contributed by atoms with Gasteiger partial charge in [-0.05, 0) is 46.9 Å². The number of carbonyl (C=O) groups excluding carboxylic acids is 1. The van der Waals surface area contributed by atoms with Gasteiger partial charge in [0.1, 0.15) is 5.69 Å². The second-order valence-corrected chi connectivity index (χ2v) is 7.19. The summed E-state index contributed by atoms with van der Waals surface area (Å²) in [7, 11) is 0. The topological polar surface area (TPSA) is 55.2 Å². The molecule has 132 valence electrons. The average Bonchev–Trinajstić information content (AvgIpc) is 3.35. The highest BCUT2D eigenvalue weighted by atomic mass is 32.1. The van der Waals surface area contributed by atoms with Crippen LogP contribution in [0.3, 0.4) is 0 Å². The molecule has 0 radical (unpaired) electrons. The molecule has 4 rings (SSSR count). The molecule has 5 nitrogen and oxygen atoms in total. The molecule has 1 saturated heterocycles. The van der Waals surface area contributed by atoms with E-state index in [0.717, 1.165) is 24.9 Å². The summed E-state index contributed by atoms with van der Waals surface area (Å²) in [5.41, 5.74) is 2.27. The molecule has 0 saturated carbocycles. The van der Waals surface area contributed by atoms with E-state index in [4.69, 9.17) is 0 Å². The third kappa shape index (κ3) is 3.32. The van der Waals surface area contributed by atoms with Crippen molar-refractivity contribution in [3.63, 3.8) is 0 Å². The Hall–Kier alpha value is -2.73. The first-order chi connectivity index (χ1) is 12.7. The van der Waals surface area contributed by atoms with Gasteiger partial charge in [-0.3, -0.25) is 9.59 Å². The van der Waals surface area contributed by atoms with Gasteiger partial charge in [0, 0.05) is 12.6 Å². The molecule has 6 heteroatoms. The zero-order valence-electron chi connectivity index (χ0n) is 14.2. The van der Waals surface area contributed by atoms with Crippen molar-refractivity contribution in [2.45, 2.75) is 25.4 Å². The standard InChI is InChI=1S/C20H19N3O2S/c24-19-9-8-17(21-23(19)13-15-5-2-1-3-6-15)20(25)22-11-4-7-18(22)16-10-12-26-14-16/h1-3,5-6,8-10,12,14,18H,4,7,11,13H2. The fourth-order valence-electron chi connectivity index (χ4n) is 3.40. The van der Waals surface area contributed by atoms with Crippen LogP contribution in [0.5, 0.6) is 0 Å². The van der Waals surface area contributed by atoms with Gasteiger partial charge in [-0.2, -0.15) is 16.4 Å². The van der Waals surface area contributed by atoms with Crippen molar-refractivity contribution < 1.29 is 4.79 Å². The largest absolute Gasteiger partial charge is 0.330 e. The number of nitrogens with zero attached hydrogens (tertiary/aromatic N) is 3. The summed E-state index contributed by atoms with van der Waals surface area (Å²) in [5.74, 6) is -0.111. The lowest BCUT2D eigenvalue weighted by Gasteiger charge is -2.24. The number of benzene rings is 1. The lowest BCUT2D eigenvalue weighted by atomic mass is 10.1. The molecule has 1 aliphatic rings. The molecule has 3 heterocycles. The Bertz CT molecular complexity index is 951. The van der Waals surface area contributed by atoms with E-state index in [2.05, 4.69) is 16.5 Å². The van der Waals surface area contributed by atoms with E-state index in [1.165, 1.54) is 22.4 Å². The molecular weight excluding hydrogens is 346 g/mol. The number of likely N-dealkylation sites (tertiary alicyclic amines) is 1. The van der Waals surface area contributed by atoms with Crippen LogP contribution in [-0.4, -0.2) is 27.1 Å². The molecule has 26 heavy (non-hydrogen) atoms. The number of carbonyl (C=O) groups is 1. The van der Waals surface area contributed by atoms with Crippen LogP contribution in [0, 0.1) is 0 Å². The van der Waals surface area contributed by atoms with E-state index >= 15 is 0 Å². The van der Waals surface area contributed by atoms with Crippen molar-refractivity contribution in [2.75, 3.05) is 6.54 Å². The molecule has 0 aliphatic carbocycles. The Kier molecular flexibility index (Phi) is 4.67. The lowest BCUT2D eigenvalue weighted by molar-refractivity contribution is 0.0727. The molecule has 1 aromatic carbocycles. The number of amides is 1. The maximum atomic E-state index is 13.0. The summed E-state index contributed by atoms with van der Waals surface area (Å²) < 4.78 is 1.36. The van der Waals surface area contributed by atoms with Crippen LogP contribution in [0.4, 0.5) is 0 Å². The van der Waals surface area contributed by atoms with Crippen LogP contribution in [0.1, 0.15) is 40.5 Å². The number of hydrogen-bond donors (Lipinski definition) is 0. The van der Waals surface area contributed by atoms with Gasteiger partial charge < -0.3 is 4.90 Å². The maximum absolute atomic E-state index is 13.0. The van der Waals surface area contributed by atoms with E-state index in [0.29, 0.717) is 12.2 Å². The van der Waals surface area contributed by atoms with Gasteiger partial charge in [-0.25, -0.2) is 4.68 Å². The van der Waals surface area contributed by atoms with Crippen molar-refractivity contribution in [1.29, 1.82) is 0 Å². The van der Waals surface area contributed by atoms with Gasteiger partial charge in [-0.1, -0.05) is 30.3 Å². The zero-order chi connectivity index (χ0) is 17.9. The van der Waals surface area contributed by atoms with Crippen molar-refractivity contribution >= 4 is 17.2 Å². The smallest absolute Gasteiger partial charge is 0.274 e. The Labute approximate surface area is 155 Å². The van der Waals surface area contributed by atoms with E-state index in [-0.39, 0.29) is 17.5 Å². The highest BCUT2D eigenvalue weighted by Crippen LogP contribution is 2.33. The predicted octanol–water partition coefficient (Wildman–Crippen LogP) is 3.33. The third-order valence-corrected chi connectivity index (χ3v) is 5.40. The summed E-state index contributed by atoms with van der Waals surface area (Å²) in [5, 5.41) is 8.48. The second-order valence-electron chi connectivity index (χ2n) is 6.41. The van der Waals surface area contributed by atoms with Gasteiger partial charge in [0.15, 0.2) is 0 Å². The van der Waals surface area contributed by atoms with Crippen LogP contribution in [0.2, 0.25) is 0 Å². The van der Waals surface area contributed by atoms with Crippen LogP contribution in [0.15, 0.2) is 64.1 Å². The van der Waals surface area contributed by atoms with Gasteiger partial charge in [0.25, 0.3) is 11.5 Å². The van der Waals surface area contributed by atoms with Crippen molar-refractivity contribution in [3.05, 3.63) is 86.5 Å². The maximum Gasteiger partial charge on any atom is 0.274 e. The first-order valence-corrected chi connectivity index (χ1v) is 9.62. The fraction of sp³-hybridized carbons (Fsp3) is 0.250. The van der Waals surface area contributed by atoms with Crippen LogP contribution in [-0.2, 0) is 6.54 Å². The molecule has 1 amide bonds. The molecule has 1 aliphatic heterocycles. The van der Waals surface area contributed by atoms with Crippen molar-refractivity contribution in [2.24, 2.45) is 0 Å². The molecule has 3 aromatic rings. The Morgan fingerprint density at radius 3 is 2.77 bits per heavy atom. The van der Waals surface area contributed by atoms with E-state index < -0.39 is 0 Å². The van der Waals surface area contributed by atoms with Crippen molar-refractivity contribution in [3.8, 4) is 0 Å². The molecule has 1 unspecified atom stereocenters.